The summed E-state index contributed by atoms with van der Waals surface area (Å²) < 4.78 is 5.91. The van der Waals surface area contributed by atoms with Crippen molar-refractivity contribution in [3.8, 4) is 0 Å². The van der Waals surface area contributed by atoms with Gasteiger partial charge >= 0.3 is 0 Å². The van der Waals surface area contributed by atoms with Crippen LogP contribution in [0.4, 0.5) is 0 Å². The van der Waals surface area contributed by atoms with Crippen molar-refractivity contribution in [3.05, 3.63) is 0 Å². The molecule has 0 saturated heterocycles. The molecule has 1 nitrogen and oxygen atoms in total. The Balaban J connectivity index is 5.17. The van der Waals surface area contributed by atoms with E-state index in [1.54, 1.807) is 0 Å². The third kappa shape index (κ3) is 2.36. The Morgan fingerprint density at radius 1 is 1.00 bits per heavy atom. The minimum absolute atomic E-state index is 0.0633. The quantitative estimate of drug-likeness (QED) is 0.552. The third-order valence-corrected chi connectivity index (χ3v) is 4.45. The van der Waals surface area contributed by atoms with Crippen LogP contribution in [0, 0.1) is 10.8 Å². The molecule has 0 heterocycles. The van der Waals surface area contributed by atoms with E-state index in [1.165, 1.54) is 0 Å². The molecule has 0 aliphatic carbocycles. The van der Waals surface area contributed by atoms with Crippen molar-refractivity contribution in [2.24, 2.45) is 10.8 Å². The fourth-order valence-electron chi connectivity index (χ4n) is 2.19. The Kier molecular flexibility index (Phi) is 4.23. The lowest BCUT2D eigenvalue weighted by molar-refractivity contribution is -0.0901. The molecular weight excluding hydrogens is 244 g/mol. The van der Waals surface area contributed by atoms with Gasteiger partial charge in [0.25, 0.3) is 0 Å². The molecule has 0 unspecified atom stereocenters. The van der Waals surface area contributed by atoms with E-state index in [-0.39, 0.29) is 16.4 Å². The second kappa shape index (κ2) is 4.03. The van der Waals surface area contributed by atoms with E-state index in [0.717, 1.165) is 15.8 Å². The first-order valence-electron chi connectivity index (χ1n) is 4.73. The smallest absolute Gasteiger partial charge is 0.146 e. The number of alkyl halides is 1. The Hall–Kier alpha value is 0.657. The van der Waals surface area contributed by atoms with E-state index < -0.39 is 0 Å². The predicted octanol–water partition coefficient (Wildman–Crippen LogP) is 2.51. The fraction of sp³-hybridized carbons (Fsp3) is 1.00. The SMILES string of the molecule is CC(C)(C)C(CBr)(O[SiH3])C(C)(C)C. The van der Waals surface area contributed by atoms with Crippen molar-refractivity contribution < 1.29 is 4.43 Å². The molecule has 0 aromatic carbocycles. The van der Waals surface area contributed by atoms with Gasteiger partial charge in [-0.2, -0.15) is 0 Å². The second-order valence-electron chi connectivity index (χ2n) is 5.66. The molecule has 0 amide bonds. The molecule has 0 rings (SSSR count). The van der Waals surface area contributed by atoms with Crippen LogP contribution in [0.3, 0.4) is 0 Å². The van der Waals surface area contributed by atoms with Crippen LogP contribution in [0.15, 0.2) is 0 Å². The summed E-state index contributed by atoms with van der Waals surface area (Å²) >= 11 is 3.60. The summed E-state index contributed by atoms with van der Waals surface area (Å²) in [6.45, 7) is 13.5. The molecule has 0 radical (unpaired) electrons. The highest BCUT2D eigenvalue weighted by Gasteiger charge is 2.49. The molecule has 0 saturated carbocycles. The minimum atomic E-state index is -0.0633. The van der Waals surface area contributed by atoms with E-state index in [0.29, 0.717) is 0 Å². The molecule has 0 fully saturated rings. The zero-order chi connectivity index (χ0) is 10.9. The molecule has 0 bridgehead atoms. The molecule has 80 valence electrons. The summed E-state index contributed by atoms with van der Waals surface area (Å²) in [5, 5.41) is 0.899. The average molecular weight is 267 g/mol. The van der Waals surface area contributed by atoms with E-state index in [4.69, 9.17) is 4.43 Å². The highest BCUT2D eigenvalue weighted by atomic mass is 79.9. The molecule has 0 aromatic heterocycles. The Morgan fingerprint density at radius 3 is 1.31 bits per heavy atom. The van der Waals surface area contributed by atoms with E-state index in [1.807, 2.05) is 0 Å². The summed E-state index contributed by atoms with van der Waals surface area (Å²) in [5.74, 6) is 0. The van der Waals surface area contributed by atoms with Gasteiger partial charge in [0.05, 0.1) is 5.60 Å². The lowest BCUT2D eigenvalue weighted by Gasteiger charge is -2.52. The molecule has 0 aliphatic rings. The van der Waals surface area contributed by atoms with Crippen LogP contribution in [-0.2, 0) is 4.43 Å². The lowest BCUT2D eigenvalue weighted by atomic mass is 9.64. The first-order valence-corrected chi connectivity index (χ1v) is 6.67. The van der Waals surface area contributed by atoms with Crippen molar-refractivity contribution in [2.45, 2.75) is 47.1 Å². The van der Waals surface area contributed by atoms with Crippen molar-refractivity contribution >= 4 is 26.4 Å². The number of hydrogen-bond donors (Lipinski definition) is 0. The van der Waals surface area contributed by atoms with Crippen LogP contribution in [0.25, 0.3) is 0 Å². The van der Waals surface area contributed by atoms with Crippen LogP contribution >= 0.6 is 15.9 Å². The van der Waals surface area contributed by atoms with Gasteiger partial charge in [-0.15, -0.1) is 0 Å². The van der Waals surface area contributed by atoms with Crippen molar-refractivity contribution in [1.29, 1.82) is 0 Å². The zero-order valence-electron chi connectivity index (χ0n) is 9.99. The van der Waals surface area contributed by atoms with Gasteiger partial charge in [0.2, 0.25) is 0 Å². The van der Waals surface area contributed by atoms with Crippen LogP contribution < -0.4 is 0 Å². The summed E-state index contributed by atoms with van der Waals surface area (Å²) in [4.78, 5) is 0. The largest absolute Gasteiger partial charge is 0.421 e. The molecule has 0 atom stereocenters. The molecule has 0 aliphatic heterocycles. The normalized spacial score (nSPS) is 15.0. The Labute approximate surface area is 94.3 Å². The van der Waals surface area contributed by atoms with E-state index in [2.05, 4.69) is 57.5 Å². The highest BCUT2D eigenvalue weighted by molar-refractivity contribution is 9.09. The maximum absolute atomic E-state index is 5.91. The van der Waals surface area contributed by atoms with Crippen LogP contribution in [0.2, 0.25) is 0 Å². The summed E-state index contributed by atoms with van der Waals surface area (Å²) in [6.07, 6.45) is 0. The van der Waals surface area contributed by atoms with Gasteiger partial charge in [0.1, 0.15) is 10.5 Å². The maximum Gasteiger partial charge on any atom is 0.146 e. The number of rotatable bonds is 2. The molecular formula is C10H23BrOSi. The topological polar surface area (TPSA) is 9.23 Å². The van der Waals surface area contributed by atoms with Gasteiger partial charge in [-0.3, -0.25) is 0 Å². The van der Waals surface area contributed by atoms with Crippen molar-refractivity contribution in [3.63, 3.8) is 0 Å². The second-order valence-corrected chi connectivity index (χ2v) is 6.63. The van der Waals surface area contributed by atoms with Gasteiger partial charge < -0.3 is 4.43 Å². The van der Waals surface area contributed by atoms with E-state index in [9.17, 15) is 0 Å². The van der Waals surface area contributed by atoms with Gasteiger partial charge in [-0.25, -0.2) is 0 Å². The van der Waals surface area contributed by atoms with Gasteiger partial charge in [-0.05, 0) is 10.8 Å². The standard InChI is InChI=1S/C10H23BrOSi/c1-8(2,3)10(7-11,12-13)9(4,5)6/h7H2,1-6,13H3. The zero-order valence-corrected chi connectivity index (χ0v) is 13.6. The molecule has 13 heavy (non-hydrogen) atoms. The highest BCUT2D eigenvalue weighted by Crippen LogP contribution is 2.47. The van der Waals surface area contributed by atoms with Crippen LogP contribution in [0.1, 0.15) is 41.5 Å². The lowest BCUT2D eigenvalue weighted by Crippen LogP contribution is -2.56. The minimum Gasteiger partial charge on any atom is -0.421 e. The summed E-state index contributed by atoms with van der Waals surface area (Å²) in [7, 11) is 0.787. The van der Waals surface area contributed by atoms with E-state index >= 15 is 0 Å². The van der Waals surface area contributed by atoms with Crippen molar-refractivity contribution in [2.75, 3.05) is 5.33 Å². The number of halogens is 1. The Morgan fingerprint density at radius 2 is 1.31 bits per heavy atom. The maximum atomic E-state index is 5.91. The third-order valence-electron chi connectivity index (χ3n) is 2.96. The first kappa shape index (κ1) is 13.7. The van der Waals surface area contributed by atoms with Crippen LogP contribution in [0.5, 0.6) is 0 Å². The average Bonchev–Trinajstić information content (AvgIpc) is 1.84. The van der Waals surface area contributed by atoms with Gasteiger partial charge in [0, 0.05) is 5.33 Å². The van der Waals surface area contributed by atoms with Gasteiger partial charge in [-0.1, -0.05) is 57.5 Å². The van der Waals surface area contributed by atoms with Gasteiger partial charge in [0.15, 0.2) is 0 Å². The number of hydrogen-bond acceptors (Lipinski definition) is 1. The first-order chi connectivity index (χ1) is 5.62. The summed E-state index contributed by atoms with van der Waals surface area (Å²) in [5.41, 5.74) is 0.263. The molecule has 0 aromatic rings. The summed E-state index contributed by atoms with van der Waals surface area (Å²) in [6, 6.07) is 0. The Bertz CT molecular complexity index is 147. The molecule has 0 N–H and O–H groups in total. The predicted molar refractivity (Wildman–Crippen MR) is 66.5 cm³/mol. The van der Waals surface area contributed by atoms with Crippen LogP contribution in [-0.4, -0.2) is 21.4 Å². The molecule has 3 heteroatoms. The monoisotopic (exact) mass is 266 g/mol. The fourth-order valence-corrected chi connectivity index (χ4v) is 5.90. The molecule has 0 spiro atoms. The van der Waals surface area contributed by atoms with Crippen molar-refractivity contribution in [1.82, 2.24) is 0 Å².